The molecule has 4 heteroatoms. The Kier molecular flexibility index (Phi) is 5.82. The Hall–Kier alpha value is -2.91. The molecule has 3 nitrogen and oxygen atoms in total. The van der Waals surface area contributed by atoms with E-state index in [1.807, 2.05) is 61.5 Å². The molecule has 1 heterocycles. The van der Waals surface area contributed by atoms with Crippen LogP contribution >= 0.6 is 11.6 Å². The highest BCUT2D eigenvalue weighted by molar-refractivity contribution is 6.29. The summed E-state index contributed by atoms with van der Waals surface area (Å²) in [5, 5.41) is 3.46. The van der Waals surface area contributed by atoms with Gasteiger partial charge in [-0.3, -0.25) is 4.79 Å². The molecule has 1 atom stereocenters. The van der Waals surface area contributed by atoms with Crippen LogP contribution in [0.1, 0.15) is 24.1 Å². The van der Waals surface area contributed by atoms with Crippen molar-refractivity contribution in [1.29, 1.82) is 0 Å². The van der Waals surface area contributed by atoms with Gasteiger partial charge in [0.05, 0.1) is 6.04 Å². The third kappa shape index (κ3) is 4.80. The van der Waals surface area contributed by atoms with Crippen molar-refractivity contribution in [3.63, 3.8) is 0 Å². The van der Waals surface area contributed by atoms with Crippen molar-refractivity contribution in [3.8, 4) is 11.1 Å². The lowest BCUT2D eigenvalue weighted by Crippen LogP contribution is -2.24. The van der Waals surface area contributed by atoms with Gasteiger partial charge < -0.3 is 5.32 Å². The van der Waals surface area contributed by atoms with Crippen molar-refractivity contribution in [1.82, 2.24) is 10.3 Å². The number of pyridine rings is 1. The van der Waals surface area contributed by atoms with Gasteiger partial charge in [0.25, 0.3) is 0 Å². The minimum absolute atomic E-state index is 0.108. The summed E-state index contributed by atoms with van der Waals surface area (Å²) in [6.45, 7) is 1.97. The molecule has 3 aromatic rings. The van der Waals surface area contributed by atoms with E-state index in [4.69, 9.17) is 11.6 Å². The van der Waals surface area contributed by atoms with Crippen molar-refractivity contribution in [3.05, 3.63) is 95.3 Å². The number of carbonyl (C=O) groups excluding carboxylic acids is 1. The van der Waals surface area contributed by atoms with E-state index in [9.17, 15) is 4.79 Å². The zero-order chi connectivity index (χ0) is 18.4. The summed E-state index contributed by atoms with van der Waals surface area (Å²) in [6, 6.07) is 21.4. The molecule has 0 fully saturated rings. The van der Waals surface area contributed by atoms with Crippen LogP contribution < -0.4 is 5.32 Å². The van der Waals surface area contributed by atoms with Crippen molar-refractivity contribution in [2.45, 2.75) is 13.0 Å². The molecule has 2 aromatic carbocycles. The molecule has 0 saturated heterocycles. The van der Waals surface area contributed by atoms with Crippen LogP contribution in [0.2, 0.25) is 5.15 Å². The fourth-order valence-electron chi connectivity index (χ4n) is 2.62. The molecule has 3 rings (SSSR count). The number of carbonyl (C=O) groups is 1. The first-order chi connectivity index (χ1) is 12.6. The smallest absolute Gasteiger partial charge is 0.244 e. The maximum Gasteiger partial charge on any atom is 0.244 e. The first-order valence-electron chi connectivity index (χ1n) is 8.37. The fourth-order valence-corrected chi connectivity index (χ4v) is 2.73. The topological polar surface area (TPSA) is 42.0 Å². The largest absolute Gasteiger partial charge is 0.346 e. The number of amides is 1. The highest BCUT2D eigenvalue weighted by Crippen LogP contribution is 2.23. The second-order valence-electron chi connectivity index (χ2n) is 5.97. The summed E-state index contributed by atoms with van der Waals surface area (Å²) in [5.41, 5.74) is 4.04. The fraction of sp³-hybridized carbons (Fsp3) is 0.0909. The highest BCUT2D eigenvalue weighted by Gasteiger charge is 2.09. The van der Waals surface area contributed by atoms with E-state index in [0.29, 0.717) is 5.15 Å². The SMILES string of the molecule is CC(NC(=O)C=Cc1ccccc1)c1cccc(-c2ccc(Cl)nc2)c1. The molecule has 0 radical (unpaired) electrons. The molecule has 0 saturated carbocycles. The van der Waals surface area contributed by atoms with Crippen LogP contribution in [0.15, 0.2) is 79.0 Å². The van der Waals surface area contributed by atoms with Gasteiger partial charge in [0.2, 0.25) is 5.91 Å². The Morgan fingerprint density at radius 2 is 1.85 bits per heavy atom. The number of nitrogens with zero attached hydrogens (tertiary/aromatic N) is 1. The Labute approximate surface area is 158 Å². The molecule has 0 spiro atoms. The van der Waals surface area contributed by atoms with E-state index in [1.54, 1.807) is 24.4 Å². The first-order valence-corrected chi connectivity index (χ1v) is 8.75. The number of rotatable bonds is 5. The predicted octanol–water partition coefficient (Wildman–Crippen LogP) is 5.29. The van der Waals surface area contributed by atoms with Crippen LogP contribution in [0, 0.1) is 0 Å². The third-order valence-corrected chi connectivity index (χ3v) is 4.26. The standard InChI is InChI=1S/C22H19ClN2O/c1-16(25-22(26)13-10-17-6-3-2-4-7-17)18-8-5-9-19(14-18)20-11-12-21(23)24-15-20/h2-16H,1H3,(H,25,26). The lowest BCUT2D eigenvalue weighted by atomic mass is 10.0. The Morgan fingerprint density at radius 3 is 2.58 bits per heavy atom. The number of hydrogen-bond acceptors (Lipinski definition) is 2. The van der Waals surface area contributed by atoms with Gasteiger partial charge in [-0.15, -0.1) is 0 Å². The van der Waals surface area contributed by atoms with Gasteiger partial charge in [0, 0.05) is 17.8 Å². The van der Waals surface area contributed by atoms with E-state index < -0.39 is 0 Å². The van der Waals surface area contributed by atoms with E-state index in [1.165, 1.54) is 0 Å². The average Bonchev–Trinajstić information content (AvgIpc) is 2.68. The van der Waals surface area contributed by atoms with Crippen LogP contribution in [0.3, 0.4) is 0 Å². The summed E-state index contributed by atoms with van der Waals surface area (Å²) in [5.74, 6) is -0.125. The summed E-state index contributed by atoms with van der Waals surface area (Å²) in [7, 11) is 0. The molecule has 0 aliphatic rings. The molecular weight excluding hydrogens is 344 g/mol. The lowest BCUT2D eigenvalue weighted by molar-refractivity contribution is -0.117. The summed E-state index contributed by atoms with van der Waals surface area (Å²) in [6.07, 6.45) is 5.10. The monoisotopic (exact) mass is 362 g/mol. The second kappa shape index (κ2) is 8.45. The van der Waals surface area contributed by atoms with E-state index in [0.717, 1.165) is 22.3 Å². The minimum atomic E-state index is -0.125. The number of hydrogen-bond donors (Lipinski definition) is 1. The van der Waals surface area contributed by atoms with E-state index in [-0.39, 0.29) is 11.9 Å². The molecular formula is C22H19ClN2O. The number of aromatic nitrogens is 1. The van der Waals surface area contributed by atoms with Gasteiger partial charge >= 0.3 is 0 Å². The van der Waals surface area contributed by atoms with Gasteiger partial charge in [-0.2, -0.15) is 0 Å². The van der Waals surface area contributed by atoms with Gasteiger partial charge in [0.1, 0.15) is 5.15 Å². The summed E-state index contributed by atoms with van der Waals surface area (Å²) in [4.78, 5) is 16.3. The molecule has 130 valence electrons. The van der Waals surface area contributed by atoms with Gasteiger partial charge in [-0.25, -0.2) is 4.98 Å². The molecule has 0 aliphatic carbocycles. The molecule has 1 amide bonds. The highest BCUT2D eigenvalue weighted by atomic mass is 35.5. The zero-order valence-corrected chi connectivity index (χ0v) is 15.1. The van der Waals surface area contributed by atoms with Crippen molar-refractivity contribution in [2.24, 2.45) is 0 Å². The Bertz CT molecular complexity index is 905. The number of nitrogens with one attached hydrogen (secondary N) is 1. The maximum absolute atomic E-state index is 12.2. The van der Waals surface area contributed by atoms with Crippen molar-refractivity contribution >= 4 is 23.6 Å². The molecule has 1 aromatic heterocycles. The zero-order valence-electron chi connectivity index (χ0n) is 14.4. The van der Waals surface area contributed by atoms with E-state index >= 15 is 0 Å². The Balaban J connectivity index is 1.69. The molecule has 1 unspecified atom stereocenters. The normalized spacial score (nSPS) is 12.1. The van der Waals surface area contributed by atoms with Crippen LogP contribution in [-0.2, 0) is 4.79 Å². The van der Waals surface area contributed by atoms with Crippen LogP contribution in [0.4, 0.5) is 0 Å². The average molecular weight is 363 g/mol. The maximum atomic E-state index is 12.2. The van der Waals surface area contributed by atoms with Crippen LogP contribution in [0.5, 0.6) is 0 Å². The quantitative estimate of drug-likeness (QED) is 0.494. The van der Waals surface area contributed by atoms with Gasteiger partial charge in [0.15, 0.2) is 0 Å². The van der Waals surface area contributed by atoms with Gasteiger partial charge in [-0.1, -0.05) is 60.1 Å². The molecule has 0 bridgehead atoms. The molecule has 0 aliphatic heterocycles. The minimum Gasteiger partial charge on any atom is -0.346 e. The lowest BCUT2D eigenvalue weighted by Gasteiger charge is -2.14. The van der Waals surface area contributed by atoms with Crippen LogP contribution in [0.25, 0.3) is 17.2 Å². The van der Waals surface area contributed by atoms with Crippen LogP contribution in [-0.4, -0.2) is 10.9 Å². The van der Waals surface area contributed by atoms with Gasteiger partial charge in [-0.05, 0) is 47.9 Å². The number of halogens is 1. The van der Waals surface area contributed by atoms with E-state index in [2.05, 4.69) is 16.4 Å². The predicted molar refractivity (Wildman–Crippen MR) is 107 cm³/mol. The first kappa shape index (κ1) is 17.9. The molecule has 26 heavy (non-hydrogen) atoms. The molecule has 1 N–H and O–H groups in total. The Morgan fingerprint density at radius 1 is 1.04 bits per heavy atom. The second-order valence-corrected chi connectivity index (χ2v) is 6.36. The van der Waals surface area contributed by atoms with Crippen molar-refractivity contribution < 1.29 is 4.79 Å². The number of benzene rings is 2. The van der Waals surface area contributed by atoms with Crippen molar-refractivity contribution in [2.75, 3.05) is 0 Å². The summed E-state index contributed by atoms with van der Waals surface area (Å²) >= 11 is 5.85. The summed E-state index contributed by atoms with van der Waals surface area (Å²) < 4.78 is 0. The third-order valence-electron chi connectivity index (χ3n) is 4.03.